The second kappa shape index (κ2) is 8.49. The zero-order valence-corrected chi connectivity index (χ0v) is 14.7. The number of benzene rings is 1. The summed E-state index contributed by atoms with van der Waals surface area (Å²) in [7, 11) is 0. The molecule has 0 spiro atoms. The van der Waals surface area contributed by atoms with Crippen molar-refractivity contribution in [1.29, 1.82) is 0 Å². The zero-order chi connectivity index (χ0) is 13.8. The van der Waals surface area contributed by atoms with Gasteiger partial charge in [0.1, 0.15) is 0 Å². The second-order valence-electron chi connectivity index (χ2n) is 5.88. The van der Waals surface area contributed by atoms with Gasteiger partial charge in [-0.05, 0) is 49.5 Å². The zero-order valence-electron chi connectivity index (χ0n) is 12.3. The Morgan fingerprint density at radius 1 is 1.29 bits per heavy atom. The first-order valence-electron chi connectivity index (χ1n) is 7.61. The van der Waals surface area contributed by atoms with Crippen LogP contribution >= 0.6 is 28.3 Å². The summed E-state index contributed by atoms with van der Waals surface area (Å²) < 4.78 is 7.08. The van der Waals surface area contributed by atoms with Crippen molar-refractivity contribution in [1.82, 2.24) is 10.2 Å². The van der Waals surface area contributed by atoms with E-state index in [-0.39, 0.29) is 18.5 Å². The van der Waals surface area contributed by atoms with Crippen molar-refractivity contribution in [3.63, 3.8) is 0 Å². The molecule has 2 aliphatic heterocycles. The van der Waals surface area contributed by atoms with Gasteiger partial charge in [-0.15, -0.1) is 12.4 Å². The highest BCUT2D eigenvalue weighted by atomic mass is 79.9. The molecule has 2 atom stereocenters. The van der Waals surface area contributed by atoms with Crippen LogP contribution < -0.4 is 5.32 Å². The molecule has 21 heavy (non-hydrogen) atoms. The molecule has 1 N–H and O–H groups in total. The molecule has 0 aromatic heterocycles. The summed E-state index contributed by atoms with van der Waals surface area (Å²) in [5.41, 5.74) is 1.29. The number of nitrogens with zero attached hydrogens (tertiary/aromatic N) is 1. The molecule has 0 bridgehead atoms. The maximum absolute atomic E-state index is 5.95. The van der Waals surface area contributed by atoms with Crippen LogP contribution in [0.15, 0.2) is 28.7 Å². The molecule has 1 aromatic carbocycles. The third-order valence-corrected chi connectivity index (χ3v) is 4.84. The first-order chi connectivity index (χ1) is 9.81. The monoisotopic (exact) mass is 374 g/mol. The van der Waals surface area contributed by atoms with E-state index in [1.165, 1.54) is 38.0 Å². The van der Waals surface area contributed by atoms with Crippen molar-refractivity contribution in [3.05, 3.63) is 34.3 Å². The van der Waals surface area contributed by atoms with Crippen molar-refractivity contribution < 1.29 is 4.74 Å². The van der Waals surface area contributed by atoms with Crippen LogP contribution in [0.1, 0.15) is 24.5 Å². The van der Waals surface area contributed by atoms with Crippen LogP contribution in [0.4, 0.5) is 0 Å². The van der Waals surface area contributed by atoms with E-state index in [2.05, 4.69) is 50.4 Å². The van der Waals surface area contributed by atoms with E-state index >= 15 is 0 Å². The van der Waals surface area contributed by atoms with Gasteiger partial charge in [-0.1, -0.05) is 28.1 Å². The number of rotatable bonds is 3. The van der Waals surface area contributed by atoms with Crippen LogP contribution in [0, 0.1) is 5.92 Å². The lowest BCUT2D eigenvalue weighted by Gasteiger charge is -2.36. The molecule has 2 aliphatic rings. The fourth-order valence-electron chi connectivity index (χ4n) is 3.19. The first kappa shape index (κ1) is 17.2. The molecule has 2 fully saturated rings. The fraction of sp³-hybridized carbons (Fsp3) is 0.625. The van der Waals surface area contributed by atoms with Gasteiger partial charge in [-0.3, -0.25) is 4.90 Å². The number of hydrogen-bond donors (Lipinski definition) is 1. The van der Waals surface area contributed by atoms with Crippen LogP contribution in [0.2, 0.25) is 0 Å². The molecule has 2 saturated heterocycles. The van der Waals surface area contributed by atoms with Gasteiger partial charge in [-0.25, -0.2) is 0 Å². The summed E-state index contributed by atoms with van der Waals surface area (Å²) >= 11 is 3.49. The molecule has 0 amide bonds. The van der Waals surface area contributed by atoms with Crippen molar-refractivity contribution in [3.8, 4) is 0 Å². The normalized spacial score (nSPS) is 27.1. The Hall–Kier alpha value is -0.130. The summed E-state index contributed by atoms with van der Waals surface area (Å²) in [5.74, 6) is 0.812. The number of morpholine rings is 1. The Balaban J connectivity index is 0.00000161. The minimum Gasteiger partial charge on any atom is -0.371 e. The Bertz CT molecular complexity index is 423. The van der Waals surface area contributed by atoms with E-state index < -0.39 is 0 Å². The number of hydrogen-bond acceptors (Lipinski definition) is 3. The van der Waals surface area contributed by atoms with Gasteiger partial charge in [0, 0.05) is 24.1 Å². The molecule has 2 heterocycles. The highest BCUT2D eigenvalue weighted by molar-refractivity contribution is 9.10. The molecule has 5 heteroatoms. The highest BCUT2D eigenvalue weighted by Gasteiger charge is 2.24. The number of nitrogens with one attached hydrogen (secondary N) is 1. The average molecular weight is 376 g/mol. The van der Waals surface area contributed by atoms with E-state index in [4.69, 9.17) is 4.74 Å². The van der Waals surface area contributed by atoms with E-state index in [9.17, 15) is 0 Å². The molecule has 0 saturated carbocycles. The van der Waals surface area contributed by atoms with Gasteiger partial charge in [0.25, 0.3) is 0 Å². The van der Waals surface area contributed by atoms with Gasteiger partial charge < -0.3 is 10.1 Å². The molecule has 2 unspecified atom stereocenters. The summed E-state index contributed by atoms with van der Waals surface area (Å²) in [5, 5.41) is 3.51. The molecular weight excluding hydrogens is 352 g/mol. The lowest BCUT2D eigenvalue weighted by atomic mass is 9.98. The highest BCUT2D eigenvalue weighted by Crippen LogP contribution is 2.25. The van der Waals surface area contributed by atoms with Crippen LogP contribution in [0.5, 0.6) is 0 Å². The summed E-state index contributed by atoms with van der Waals surface area (Å²) in [6, 6.07) is 8.53. The van der Waals surface area contributed by atoms with Crippen LogP contribution in [0.3, 0.4) is 0 Å². The average Bonchev–Trinajstić information content (AvgIpc) is 2.49. The van der Waals surface area contributed by atoms with Gasteiger partial charge in [0.15, 0.2) is 0 Å². The van der Waals surface area contributed by atoms with Crippen LogP contribution in [-0.2, 0) is 4.74 Å². The summed E-state index contributed by atoms with van der Waals surface area (Å²) in [6.07, 6.45) is 2.92. The molecule has 3 nitrogen and oxygen atoms in total. The van der Waals surface area contributed by atoms with Gasteiger partial charge in [0.05, 0.1) is 12.7 Å². The molecule has 118 valence electrons. The summed E-state index contributed by atoms with van der Waals surface area (Å²) in [4.78, 5) is 2.58. The molecular formula is C16H24BrClN2O. The number of piperidine rings is 1. The van der Waals surface area contributed by atoms with Crippen molar-refractivity contribution in [2.75, 3.05) is 39.3 Å². The Morgan fingerprint density at radius 3 is 2.81 bits per heavy atom. The first-order valence-corrected chi connectivity index (χ1v) is 8.41. The Labute approximate surface area is 142 Å². The van der Waals surface area contributed by atoms with E-state index in [0.717, 1.165) is 30.1 Å². The maximum Gasteiger partial charge on any atom is 0.0952 e. The van der Waals surface area contributed by atoms with Crippen LogP contribution in [0.25, 0.3) is 0 Å². The number of ether oxygens (including phenoxy) is 1. The standard InChI is InChI=1S/C16H23BrN2O.ClH/c17-15-5-3-14(4-6-15)16-12-19(8-9-20-16)11-13-2-1-7-18-10-13;/h3-6,13,16,18H,1-2,7-12H2;1H. The topological polar surface area (TPSA) is 24.5 Å². The Kier molecular flexibility index (Phi) is 6.96. The summed E-state index contributed by atoms with van der Waals surface area (Å²) in [6.45, 7) is 6.54. The lowest BCUT2D eigenvalue weighted by Crippen LogP contribution is -2.44. The fourth-order valence-corrected chi connectivity index (χ4v) is 3.46. The lowest BCUT2D eigenvalue weighted by molar-refractivity contribution is -0.0353. The molecule has 0 radical (unpaired) electrons. The van der Waals surface area contributed by atoms with E-state index in [0.29, 0.717) is 0 Å². The Morgan fingerprint density at radius 2 is 2.10 bits per heavy atom. The van der Waals surface area contributed by atoms with Crippen molar-refractivity contribution in [2.45, 2.75) is 18.9 Å². The van der Waals surface area contributed by atoms with E-state index in [1.807, 2.05) is 0 Å². The quantitative estimate of drug-likeness (QED) is 0.878. The smallest absolute Gasteiger partial charge is 0.0952 e. The third kappa shape index (κ3) is 4.93. The minimum atomic E-state index is 0. The number of halogens is 2. The van der Waals surface area contributed by atoms with Crippen molar-refractivity contribution in [2.24, 2.45) is 5.92 Å². The predicted molar refractivity (Wildman–Crippen MR) is 92.1 cm³/mol. The largest absolute Gasteiger partial charge is 0.371 e. The molecule has 3 rings (SSSR count). The molecule has 0 aliphatic carbocycles. The maximum atomic E-state index is 5.95. The van der Waals surface area contributed by atoms with E-state index in [1.54, 1.807) is 0 Å². The van der Waals surface area contributed by atoms with Gasteiger partial charge in [0.2, 0.25) is 0 Å². The predicted octanol–water partition coefficient (Wildman–Crippen LogP) is 3.24. The minimum absolute atomic E-state index is 0. The second-order valence-corrected chi connectivity index (χ2v) is 6.80. The van der Waals surface area contributed by atoms with Crippen molar-refractivity contribution >= 4 is 28.3 Å². The third-order valence-electron chi connectivity index (χ3n) is 4.31. The molecule has 1 aromatic rings. The van der Waals surface area contributed by atoms with Gasteiger partial charge >= 0.3 is 0 Å². The SMILES string of the molecule is Brc1ccc(C2CN(CC3CCCNC3)CCO2)cc1.Cl. The van der Waals surface area contributed by atoms with Gasteiger partial charge in [-0.2, -0.15) is 0 Å². The van der Waals surface area contributed by atoms with Crippen LogP contribution in [-0.4, -0.2) is 44.2 Å².